The fourth-order valence-electron chi connectivity index (χ4n) is 2.26. The largest absolute Gasteiger partial charge is 0.282 e. The highest BCUT2D eigenvalue weighted by atomic mass is 15.3. The molecule has 0 saturated carbocycles. The van der Waals surface area contributed by atoms with E-state index in [0.29, 0.717) is 0 Å². The molecule has 16 heavy (non-hydrogen) atoms. The summed E-state index contributed by atoms with van der Waals surface area (Å²) in [5.41, 5.74) is 2.34. The average molecular weight is 218 g/mol. The van der Waals surface area contributed by atoms with Crippen molar-refractivity contribution in [3.05, 3.63) is 17.5 Å². The number of aromatic nitrogens is 2. The van der Waals surface area contributed by atoms with E-state index < -0.39 is 0 Å². The molecule has 1 fully saturated rings. The molecule has 1 aromatic heterocycles. The quantitative estimate of drug-likeness (QED) is 0.771. The molecule has 0 radical (unpaired) electrons. The first-order chi connectivity index (χ1) is 7.74. The SMILES string of the molecule is CCc1cc(CN2CCCC2C#N)n(C)n1. The molecule has 0 bridgehead atoms. The predicted octanol–water partition coefficient (Wildman–Crippen LogP) is 1.47. The maximum Gasteiger partial charge on any atom is 0.0981 e. The molecule has 0 spiro atoms. The fourth-order valence-corrected chi connectivity index (χ4v) is 2.26. The van der Waals surface area contributed by atoms with Gasteiger partial charge in [0, 0.05) is 13.6 Å². The third-order valence-corrected chi connectivity index (χ3v) is 3.27. The lowest BCUT2D eigenvalue weighted by molar-refractivity contribution is 0.278. The summed E-state index contributed by atoms with van der Waals surface area (Å²) < 4.78 is 1.94. The molecule has 2 heterocycles. The van der Waals surface area contributed by atoms with Gasteiger partial charge in [0.2, 0.25) is 0 Å². The highest BCUT2D eigenvalue weighted by Gasteiger charge is 2.24. The lowest BCUT2D eigenvalue weighted by Gasteiger charge is -2.18. The van der Waals surface area contributed by atoms with Gasteiger partial charge in [-0.1, -0.05) is 6.92 Å². The second-order valence-corrected chi connectivity index (χ2v) is 4.36. The molecule has 0 aromatic carbocycles. The van der Waals surface area contributed by atoms with Crippen LogP contribution in [0.3, 0.4) is 0 Å². The average Bonchev–Trinajstić information content (AvgIpc) is 2.86. The molecule has 0 amide bonds. The molecule has 4 heteroatoms. The van der Waals surface area contributed by atoms with Crippen LogP contribution in [0.2, 0.25) is 0 Å². The molecule has 1 aromatic rings. The summed E-state index contributed by atoms with van der Waals surface area (Å²) in [5.74, 6) is 0. The monoisotopic (exact) mass is 218 g/mol. The zero-order chi connectivity index (χ0) is 11.5. The van der Waals surface area contributed by atoms with Crippen molar-refractivity contribution in [3.8, 4) is 6.07 Å². The Kier molecular flexibility index (Phi) is 3.25. The van der Waals surface area contributed by atoms with Crippen LogP contribution in [0.25, 0.3) is 0 Å². The summed E-state index contributed by atoms with van der Waals surface area (Å²) in [5, 5.41) is 13.5. The van der Waals surface area contributed by atoms with Crippen LogP contribution in [0, 0.1) is 11.3 Å². The number of likely N-dealkylation sites (tertiary alicyclic amines) is 1. The van der Waals surface area contributed by atoms with Crippen molar-refractivity contribution in [3.63, 3.8) is 0 Å². The molecule has 0 N–H and O–H groups in total. The lowest BCUT2D eigenvalue weighted by atomic mass is 10.2. The van der Waals surface area contributed by atoms with Crippen LogP contribution in [0.4, 0.5) is 0 Å². The van der Waals surface area contributed by atoms with E-state index in [1.807, 2.05) is 11.7 Å². The molecule has 86 valence electrons. The van der Waals surface area contributed by atoms with E-state index in [1.54, 1.807) is 0 Å². The van der Waals surface area contributed by atoms with Crippen LogP contribution in [0.1, 0.15) is 31.2 Å². The zero-order valence-corrected chi connectivity index (χ0v) is 9.98. The Bertz CT molecular complexity index is 402. The van der Waals surface area contributed by atoms with Gasteiger partial charge in [-0.2, -0.15) is 10.4 Å². The normalized spacial score (nSPS) is 21.2. The summed E-state index contributed by atoms with van der Waals surface area (Å²) in [7, 11) is 1.98. The van der Waals surface area contributed by atoms with Crippen LogP contribution >= 0.6 is 0 Å². The van der Waals surface area contributed by atoms with Crippen LogP contribution in [0.15, 0.2) is 6.07 Å². The summed E-state index contributed by atoms with van der Waals surface area (Å²) in [6.07, 6.45) is 3.11. The Labute approximate surface area is 96.5 Å². The molecule has 1 unspecified atom stereocenters. The Morgan fingerprint density at radius 2 is 2.44 bits per heavy atom. The van der Waals surface area contributed by atoms with Gasteiger partial charge in [0.1, 0.15) is 0 Å². The van der Waals surface area contributed by atoms with E-state index >= 15 is 0 Å². The molecular weight excluding hydrogens is 200 g/mol. The molecule has 1 aliphatic rings. The second-order valence-electron chi connectivity index (χ2n) is 4.36. The van der Waals surface area contributed by atoms with Gasteiger partial charge in [-0.15, -0.1) is 0 Å². The van der Waals surface area contributed by atoms with Gasteiger partial charge in [0.05, 0.1) is 23.5 Å². The maximum atomic E-state index is 9.02. The third kappa shape index (κ3) is 2.10. The van der Waals surface area contributed by atoms with Crippen molar-refractivity contribution in [2.24, 2.45) is 7.05 Å². The van der Waals surface area contributed by atoms with E-state index in [9.17, 15) is 0 Å². The van der Waals surface area contributed by atoms with E-state index in [-0.39, 0.29) is 6.04 Å². The zero-order valence-electron chi connectivity index (χ0n) is 9.98. The van der Waals surface area contributed by atoms with Crippen molar-refractivity contribution in [2.75, 3.05) is 6.54 Å². The number of aryl methyl sites for hydroxylation is 2. The Hall–Kier alpha value is -1.34. The van der Waals surface area contributed by atoms with E-state index in [0.717, 1.165) is 38.0 Å². The number of nitrogens with zero attached hydrogens (tertiary/aromatic N) is 4. The van der Waals surface area contributed by atoms with Gasteiger partial charge >= 0.3 is 0 Å². The van der Waals surface area contributed by atoms with Crippen molar-refractivity contribution in [1.82, 2.24) is 14.7 Å². The van der Waals surface area contributed by atoms with Crippen molar-refractivity contribution in [1.29, 1.82) is 5.26 Å². The minimum atomic E-state index is 0.0972. The Morgan fingerprint density at radius 1 is 1.62 bits per heavy atom. The molecular formula is C12H18N4. The molecule has 1 aliphatic heterocycles. The number of nitriles is 1. The van der Waals surface area contributed by atoms with Crippen LogP contribution in [-0.4, -0.2) is 27.3 Å². The first kappa shape index (κ1) is 11.2. The van der Waals surface area contributed by atoms with Gasteiger partial charge in [0.15, 0.2) is 0 Å². The van der Waals surface area contributed by atoms with Crippen LogP contribution in [-0.2, 0) is 20.0 Å². The topological polar surface area (TPSA) is 44.9 Å². The smallest absolute Gasteiger partial charge is 0.0981 e. The molecule has 2 rings (SSSR count). The van der Waals surface area contributed by atoms with E-state index in [2.05, 4.69) is 29.1 Å². The number of rotatable bonds is 3. The van der Waals surface area contributed by atoms with Crippen molar-refractivity contribution >= 4 is 0 Å². The van der Waals surface area contributed by atoms with E-state index in [1.165, 1.54) is 5.69 Å². The Morgan fingerprint density at radius 3 is 3.06 bits per heavy atom. The standard InChI is InChI=1S/C12H18N4/c1-3-10-7-12(15(2)14-10)9-16-6-4-5-11(16)8-13/h7,11H,3-6,9H2,1-2H3. The third-order valence-electron chi connectivity index (χ3n) is 3.27. The van der Waals surface area contributed by atoms with Gasteiger partial charge in [-0.3, -0.25) is 9.58 Å². The minimum Gasteiger partial charge on any atom is -0.282 e. The summed E-state index contributed by atoms with van der Waals surface area (Å²) in [4.78, 5) is 2.25. The number of hydrogen-bond acceptors (Lipinski definition) is 3. The number of hydrogen-bond donors (Lipinski definition) is 0. The molecule has 1 atom stereocenters. The maximum absolute atomic E-state index is 9.02. The summed E-state index contributed by atoms with van der Waals surface area (Å²) >= 11 is 0. The lowest BCUT2D eigenvalue weighted by Crippen LogP contribution is -2.28. The van der Waals surface area contributed by atoms with Gasteiger partial charge in [0.25, 0.3) is 0 Å². The molecule has 4 nitrogen and oxygen atoms in total. The van der Waals surface area contributed by atoms with Gasteiger partial charge in [-0.05, 0) is 31.9 Å². The van der Waals surface area contributed by atoms with Crippen LogP contribution < -0.4 is 0 Å². The van der Waals surface area contributed by atoms with E-state index in [4.69, 9.17) is 5.26 Å². The summed E-state index contributed by atoms with van der Waals surface area (Å²) in [6.45, 7) is 3.99. The minimum absolute atomic E-state index is 0.0972. The summed E-state index contributed by atoms with van der Waals surface area (Å²) in [6, 6.07) is 4.61. The fraction of sp³-hybridized carbons (Fsp3) is 0.667. The van der Waals surface area contributed by atoms with Gasteiger partial charge < -0.3 is 0 Å². The first-order valence-corrected chi connectivity index (χ1v) is 5.90. The molecule has 1 saturated heterocycles. The van der Waals surface area contributed by atoms with Crippen LogP contribution in [0.5, 0.6) is 0 Å². The first-order valence-electron chi connectivity index (χ1n) is 5.90. The van der Waals surface area contributed by atoms with Crippen molar-refractivity contribution in [2.45, 2.75) is 38.8 Å². The highest BCUT2D eigenvalue weighted by Crippen LogP contribution is 2.19. The van der Waals surface area contributed by atoms with Crippen molar-refractivity contribution < 1.29 is 0 Å². The predicted molar refractivity (Wildman–Crippen MR) is 61.6 cm³/mol. The molecule has 0 aliphatic carbocycles. The Balaban J connectivity index is 2.08. The second kappa shape index (κ2) is 4.67. The highest BCUT2D eigenvalue weighted by molar-refractivity contribution is 5.11. The van der Waals surface area contributed by atoms with Gasteiger partial charge in [-0.25, -0.2) is 0 Å².